The molecule has 1 N–H and O–H groups in total. The van der Waals surface area contributed by atoms with Gasteiger partial charge in [0, 0.05) is 31.7 Å². The van der Waals surface area contributed by atoms with Crippen molar-refractivity contribution in [3.8, 4) is 0 Å². The molecule has 2 rings (SSSR count). The first-order valence-electron chi connectivity index (χ1n) is 6.01. The van der Waals surface area contributed by atoms with Crippen molar-refractivity contribution >= 4 is 54.8 Å². The first-order chi connectivity index (χ1) is 9.10. The third-order valence-electron chi connectivity index (χ3n) is 2.82. The molecule has 1 atom stereocenters. The lowest BCUT2D eigenvalue weighted by Gasteiger charge is -2.18. The predicted octanol–water partition coefficient (Wildman–Crippen LogP) is 5.82. The highest BCUT2D eigenvalue weighted by Gasteiger charge is 2.13. The highest BCUT2D eigenvalue weighted by molar-refractivity contribution is 9.10. The molecule has 0 aliphatic heterocycles. The van der Waals surface area contributed by atoms with Crippen LogP contribution in [-0.4, -0.2) is 6.54 Å². The van der Waals surface area contributed by atoms with Gasteiger partial charge >= 0.3 is 0 Å². The topological polar surface area (TPSA) is 12.0 Å². The van der Waals surface area contributed by atoms with Gasteiger partial charge < -0.3 is 5.32 Å². The van der Waals surface area contributed by atoms with E-state index < -0.39 is 0 Å². The molecule has 0 radical (unpaired) electrons. The normalized spacial score (nSPS) is 12.6. The molecule has 1 aromatic carbocycles. The monoisotopic (exact) mass is 421 g/mol. The molecule has 0 amide bonds. The van der Waals surface area contributed by atoms with Crippen LogP contribution in [0.3, 0.4) is 0 Å². The van der Waals surface area contributed by atoms with Crippen LogP contribution in [0, 0.1) is 0 Å². The maximum atomic E-state index is 6.19. The van der Waals surface area contributed by atoms with Crippen LogP contribution in [0.1, 0.15) is 23.4 Å². The van der Waals surface area contributed by atoms with Crippen molar-refractivity contribution in [2.45, 2.75) is 19.4 Å². The van der Waals surface area contributed by atoms with Gasteiger partial charge in [-0.2, -0.15) is 0 Å². The van der Waals surface area contributed by atoms with Crippen molar-refractivity contribution in [1.82, 2.24) is 5.32 Å². The highest BCUT2D eigenvalue weighted by atomic mass is 79.9. The van der Waals surface area contributed by atoms with Gasteiger partial charge in [0.25, 0.3) is 0 Å². The van der Waals surface area contributed by atoms with Gasteiger partial charge in [0.2, 0.25) is 0 Å². The number of benzene rings is 1. The van der Waals surface area contributed by atoms with Gasteiger partial charge in [-0.15, -0.1) is 11.3 Å². The van der Waals surface area contributed by atoms with Crippen LogP contribution in [-0.2, 0) is 6.42 Å². The summed E-state index contributed by atoms with van der Waals surface area (Å²) in [7, 11) is 0. The zero-order chi connectivity index (χ0) is 13.8. The molecule has 0 fully saturated rings. The minimum atomic E-state index is 0.293. The van der Waals surface area contributed by atoms with Crippen LogP contribution in [0.2, 0.25) is 5.02 Å². The Morgan fingerprint density at radius 3 is 2.68 bits per heavy atom. The van der Waals surface area contributed by atoms with Crippen molar-refractivity contribution in [2.75, 3.05) is 6.54 Å². The zero-order valence-electron chi connectivity index (χ0n) is 10.4. The molecule has 0 aliphatic carbocycles. The van der Waals surface area contributed by atoms with E-state index in [1.807, 2.05) is 12.1 Å². The van der Waals surface area contributed by atoms with E-state index >= 15 is 0 Å². The molecule has 5 heteroatoms. The summed E-state index contributed by atoms with van der Waals surface area (Å²) in [6.45, 7) is 3.06. The van der Waals surface area contributed by atoms with Gasteiger partial charge in [0.15, 0.2) is 0 Å². The Kier molecular flexibility index (Phi) is 5.90. The smallest absolute Gasteiger partial charge is 0.0551 e. The maximum absolute atomic E-state index is 6.19. The van der Waals surface area contributed by atoms with Gasteiger partial charge in [-0.3, -0.25) is 0 Å². The van der Waals surface area contributed by atoms with E-state index in [-0.39, 0.29) is 0 Å². The van der Waals surface area contributed by atoms with Gasteiger partial charge in [-0.1, -0.05) is 24.6 Å². The largest absolute Gasteiger partial charge is 0.310 e. The zero-order valence-corrected chi connectivity index (χ0v) is 15.2. The SMILES string of the molecule is CCNC(Cc1cc(Br)cs1)c1ccc(Br)c(Cl)c1. The lowest BCUT2D eigenvalue weighted by atomic mass is 10.0. The number of rotatable bonds is 5. The molecule has 0 saturated heterocycles. The Morgan fingerprint density at radius 1 is 1.32 bits per heavy atom. The van der Waals surface area contributed by atoms with Crippen LogP contribution < -0.4 is 5.32 Å². The maximum Gasteiger partial charge on any atom is 0.0551 e. The van der Waals surface area contributed by atoms with Crippen LogP contribution in [0.15, 0.2) is 38.6 Å². The molecule has 19 heavy (non-hydrogen) atoms. The fraction of sp³-hybridized carbons (Fsp3) is 0.286. The number of hydrogen-bond donors (Lipinski definition) is 1. The number of halogens is 3. The summed E-state index contributed by atoms with van der Waals surface area (Å²) in [6, 6.07) is 8.62. The van der Waals surface area contributed by atoms with Gasteiger partial charge in [-0.05, 0) is 62.2 Å². The van der Waals surface area contributed by atoms with Crippen molar-refractivity contribution in [1.29, 1.82) is 0 Å². The number of thiophene rings is 1. The second-order valence-electron chi connectivity index (χ2n) is 4.22. The van der Waals surface area contributed by atoms with Crippen LogP contribution >= 0.6 is 54.8 Å². The number of nitrogens with one attached hydrogen (secondary N) is 1. The van der Waals surface area contributed by atoms with Gasteiger partial charge in [0.1, 0.15) is 0 Å². The van der Waals surface area contributed by atoms with Gasteiger partial charge in [0.05, 0.1) is 5.02 Å². The second kappa shape index (κ2) is 7.23. The van der Waals surface area contributed by atoms with Crippen molar-refractivity contribution in [2.24, 2.45) is 0 Å². The first kappa shape index (κ1) is 15.5. The Balaban J connectivity index is 2.21. The Bertz CT molecular complexity index is 556. The molecule has 1 aromatic heterocycles. The minimum Gasteiger partial charge on any atom is -0.310 e. The second-order valence-corrected chi connectivity index (χ2v) is 7.39. The molecule has 0 saturated carbocycles. The Morgan fingerprint density at radius 2 is 2.11 bits per heavy atom. The summed E-state index contributed by atoms with van der Waals surface area (Å²) in [5, 5.41) is 6.40. The van der Waals surface area contributed by atoms with E-state index in [1.54, 1.807) is 11.3 Å². The number of likely N-dealkylation sites (N-methyl/N-ethyl adjacent to an activating group) is 1. The predicted molar refractivity (Wildman–Crippen MR) is 91.3 cm³/mol. The third-order valence-corrected chi connectivity index (χ3v) is 5.78. The first-order valence-corrected chi connectivity index (χ1v) is 8.85. The number of hydrogen-bond acceptors (Lipinski definition) is 2. The van der Waals surface area contributed by atoms with E-state index in [4.69, 9.17) is 11.6 Å². The average molecular weight is 424 g/mol. The fourth-order valence-electron chi connectivity index (χ4n) is 1.95. The standard InChI is InChI=1S/C14H14Br2ClNS/c1-2-18-14(7-11-6-10(15)8-19-11)9-3-4-12(16)13(17)5-9/h3-6,8,14,18H,2,7H2,1H3. The summed E-state index contributed by atoms with van der Waals surface area (Å²) in [5.74, 6) is 0. The van der Waals surface area contributed by atoms with E-state index in [0.717, 1.165) is 26.9 Å². The van der Waals surface area contributed by atoms with Crippen LogP contribution in [0.4, 0.5) is 0 Å². The summed E-state index contributed by atoms with van der Waals surface area (Å²) >= 11 is 14.9. The lowest BCUT2D eigenvalue weighted by Crippen LogP contribution is -2.22. The summed E-state index contributed by atoms with van der Waals surface area (Å²) in [5.41, 5.74) is 1.22. The summed E-state index contributed by atoms with van der Waals surface area (Å²) < 4.78 is 2.09. The Hall–Kier alpha value is 0.130. The fourth-order valence-corrected chi connectivity index (χ4v) is 3.88. The lowest BCUT2D eigenvalue weighted by molar-refractivity contribution is 0.553. The van der Waals surface area contributed by atoms with Crippen molar-refractivity contribution in [3.05, 3.63) is 54.1 Å². The van der Waals surface area contributed by atoms with E-state index in [1.165, 1.54) is 10.4 Å². The molecule has 0 spiro atoms. The highest BCUT2D eigenvalue weighted by Crippen LogP contribution is 2.29. The van der Waals surface area contributed by atoms with Crippen molar-refractivity contribution in [3.63, 3.8) is 0 Å². The van der Waals surface area contributed by atoms with Crippen LogP contribution in [0.5, 0.6) is 0 Å². The minimum absolute atomic E-state index is 0.293. The Labute approximate surface area is 139 Å². The quantitative estimate of drug-likeness (QED) is 0.639. The summed E-state index contributed by atoms with van der Waals surface area (Å²) in [4.78, 5) is 1.36. The molecule has 1 unspecified atom stereocenters. The molecule has 0 aliphatic rings. The van der Waals surface area contributed by atoms with E-state index in [0.29, 0.717) is 6.04 Å². The van der Waals surface area contributed by atoms with E-state index in [2.05, 4.69) is 61.6 Å². The van der Waals surface area contributed by atoms with Crippen LogP contribution in [0.25, 0.3) is 0 Å². The molecule has 2 aromatic rings. The molecular weight excluding hydrogens is 409 g/mol. The van der Waals surface area contributed by atoms with E-state index in [9.17, 15) is 0 Å². The average Bonchev–Trinajstić information content (AvgIpc) is 2.78. The third kappa shape index (κ3) is 4.30. The molecule has 102 valence electrons. The molecule has 1 nitrogen and oxygen atoms in total. The molecular formula is C14H14Br2ClNS. The summed E-state index contributed by atoms with van der Waals surface area (Å²) in [6.07, 6.45) is 0.974. The van der Waals surface area contributed by atoms with Crippen molar-refractivity contribution < 1.29 is 0 Å². The molecule has 1 heterocycles. The molecule has 0 bridgehead atoms. The van der Waals surface area contributed by atoms with Gasteiger partial charge in [-0.25, -0.2) is 0 Å².